The zero-order chi connectivity index (χ0) is 17.3. The van der Waals surface area contributed by atoms with Crippen LogP contribution in [0.25, 0.3) is 0 Å². The average molecular weight is 370 g/mol. The van der Waals surface area contributed by atoms with E-state index in [-0.39, 0.29) is 12.4 Å². The van der Waals surface area contributed by atoms with Crippen molar-refractivity contribution in [2.75, 3.05) is 23.4 Å². The summed E-state index contributed by atoms with van der Waals surface area (Å²) < 4.78 is 37.4. The number of sulfonamides is 1. The Morgan fingerprint density at radius 1 is 1.29 bits per heavy atom. The van der Waals surface area contributed by atoms with Crippen LogP contribution in [0.1, 0.15) is 10.6 Å². The topological polar surface area (TPSA) is 91.4 Å². The summed E-state index contributed by atoms with van der Waals surface area (Å²) in [6.07, 6.45) is 1.69. The highest BCUT2D eigenvalue weighted by Gasteiger charge is 2.26. The van der Waals surface area contributed by atoms with Crippen molar-refractivity contribution < 1.29 is 17.6 Å². The summed E-state index contributed by atoms with van der Waals surface area (Å²) in [5.41, 5.74) is 1.26. The van der Waals surface area contributed by atoms with E-state index in [0.717, 1.165) is 10.6 Å². The van der Waals surface area contributed by atoms with Gasteiger partial charge in [0.2, 0.25) is 10.0 Å². The molecular weight excluding hydrogens is 355 g/mol. The lowest BCUT2D eigenvalue weighted by atomic mass is 10.2. The van der Waals surface area contributed by atoms with Crippen LogP contribution in [0.15, 0.2) is 24.3 Å². The summed E-state index contributed by atoms with van der Waals surface area (Å²) in [5, 5.41) is 5.58. The standard InChI is InChI=1S/C14H15FN4O3S2/c1-24(21,22)19-7-6-11-12(8-19)23-14(17-11)18-13(20)16-10-4-2-9(15)3-5-10/h2-5H,6-8H2,1H3,(H2,16,17,18,20). The maximum absolute atomic E-state index is 12.8. The van der Waals surface area contributed by atoms with Crippen molar-refractivity contribution in [3.8, 4) is 0 Å². The van der Waals surface area contributed by atoms with E-state index in [1.54, 1.807) is 0 Å². The van der Waals surface area contributed by atoms with E-state index in [1.807, 2.05) is 0 Å². The molecule has 0 aliphatic carbocycles. The van der Waals surface area contributed by atoms with Gasteiger partial charge in [0.1, 0.15) is 5.82 Å². The van der Waals surface area contributed by atoms with E-state index in [0.29, 0.717) is 23.8 Å². The second-order valence-corrected chi connectivity index (χ2v) is 8.39. The summed E-state index contributed by atoms with van der Waals surface area (Å²) in [6, 6.07) is 4.90. The Balaban J connectivity index is 1.66. The van der Waals surface area contributed by atoms with Gasteiger partial charge in [-0.15, -0.1) is 0 Å². The summed E-state index contributed by atoms with van der Waals surface area (Å²) in [6.45, 7) is 0.657. The molecule has 0 atom stereocenters. The van der Waals surface area contributed by atoms with Crippen LogP contribution in [0, 0.1) is 5.82 Å². The number of anilines is 2. The van der Waals surface area contributed by atoms with Crippen molar-refractivity contribution in [2.45, 2.75) is 13.0 Å². The number of aromatic nitrogens is 1. The van der Waals surface area contributed by atoms with E-state index in [4.69, 9.17) is 0 Å². The highest BCUT2D eigenvalue weighted by molar-refractivity contribution is 7.88. The Kier molecular flexibility index (Phi) is 4.52. The number of rotatable bonds is 3. The Bertz CT molecular complexity index is 865. The normalized spacial score (nSPS) is 14.9. The molecule has 2 amide bonds. The third kappa shape index (κ3) is 3.89. The van der Waals surface area contributed by atoms with Crippen molar-refractivity contribution in [3.63, 3.8) is 0 Å². The molecule has 1 aliphatic heterocycles. The van der Waals surface area contributed by atoms with Crippen molar-refractivity contribution in [1.29, 1.82) is 0 Å². The lowest BCUT2D eigenvalue weighted by Gasteiger charge is -2.23. The van der Waals surface area contributed by atoms with Gasteiger partial charge in [-0.05, 0) is 24.3 Å². The number of benzene rings is 1. The Labute approximate surface area is 142 Å². The number of nitrogens with one attached hydrogen (secondary N) is 2. The SMILES string of the molecule is CS(=O)(=O)N1CCc2nc(NC(=O)Nc3ccc(F)cc3)sc2C1. The first kappa shape index (κ1) is 16.8. The molecule has 0 radical (unpaired) electrons. The number of carbonyl (C=O) groups excluding carboxylic acids is 1. The van der Waals surface area contributed by atoms with Gasteiger partial charge in [-0.3, -0.25) is 5.32 Å². The highest BCUT2D eigenvalue weighted by Crippen LogP contribution is 2.29. The maximum Gasteiger partial charge on any atom is 0.325 e. The fourth-order valence-corrected chi connectivity index (χ4v) is 4.19. The number of urea groups is 1. The largest absolute Gasteiger partial charge is 0.325 e. The summed E-state index contributed by atoms with van der Waals surface area (Å²) >= 11 is 1.25. The second-order valence-electron chi connectivity index (χ2n) is 5.32. The van der Waals surface area contributed by atoms with Gasteiger partial charge in [-0.25, -0.2) is 22.6 Å². The lowest BCUT2D eigenvalue weighted by molar-refractivity contribution is 0.262. The van der Waals surface area contributed by atoms with Gasteiger partial charge in [0, 0.05) is 30.1 Å². The van der Waals surface area contributed by atoms with Crippen molar-refractivity contribution >= 4 is 38.2 Å². The minimum absolute atomic E-state index is 0.271. The first-order chi connectivity index (χ1) is 11.3. The van der Waals surface area contributed by atoms with Crippen LogP contribution in [0.4, 0.5) is 20.0 Å². The third-order valence-corrected chi connectivity index (χ3v) is 5.74. The summed E-state index contributed by atoms with van der Waals surface area (Å²) in [4.78, 5) is 17.1. The summed E-state index contributed by atoms with van der Waals surface area (Å²) in [7, 11) is -3.24. The van der Waals surface area contributed by atoms with Crippen LogP contribution >= 0.6 is 11.3 Å². The molecule has 0 unspecified atom stereocenters. The Morgan fingerprint density at radius 3 is 2.67 bits per heavy atom. The molecule has 0 saturated heterocycles. The maximum atomic E-state index is 12.8. The van der Waals surface area contributed by atoms with Crippen LogP contribution in [0.3, 0.4) is 0 Å². The Morgan fingerprint density at radius 2 is 2.00 bits per heavy atom. The number of carbonyl (C=O) groups is 1. The number of thiazole rings is 1. The predicted molar refractivity (Wildman–Crippen MR) is 90.1 cm³/mol. The molecule has 10 heteroatoms. The third-order valence-electron chi connectivity index (χ3n) is 3.49. The highest BCUT2D eigenvalue weighted by atomic mass is 32.2. The fraction of sp³-hybridized carbons (Fsp3) is 0.286. The minimum atomic E-state index is -3.24. The molecule has 2 heterocycles. The van der Waals surface area contributed by atoms with Crippen LogP contribution in [-0.2, 0) is 23.0 Å². The van der Waals surface area contributed by atoms with Crippen LogP contribution in [0.5, 0.6) is 0 Å². The van der Waals surface area contributed by atoms with Gasteiger partial charge in [-0.1, -0.05) is 11.3 Å². The van der Waals surface area contributed by atoms with Crippen LogP contribution in [-0.4, -0.2) is 36.5 Å². The lowest BCUT2D eigenvalue weighted by Crippen LogP contribution is -2.34. The van der Waals surface area contributed by atoms with E-state index < -0.39 is 16.1 Å². The van der Waals surface area contributed by atoms with Gasteiger partial charge in [0.05, 0.1) is 11.9 Å². The molecule has 0 spiro atoms. The zero-order valence-corrected chi connectivity index (χ0v) is 14.4. The molecule has 3 rings (SSSR count). The molecule has 2 N–H and O–H groups in total. The number of halogens is 1. The fourth-order valence-electron chi connectivity index (χ4n) is 2.30. The molecule has 2 aromatic rings. The second kappa shape index (κ2) is 6.46. The van der Waals surface area contributed by atoms with Gasteiger partial charge in [0.25, 0.3) is 0 Å². The number of hydrogen-bond donors (Lipinski definition) is 2. The molecule has 0 saturated carbocycles. The molecule has 128 valence electrons. The molecule has 0 fully saturated rings. The van der Waals surface area contributed by atoms with Crippen molar-refractivity contribution in [1.82, 2.24) is 9.29 Å². The molecule has 1 aromatic heterocycles. The summed E-state index contributed by atoms with van der Waals surface area (Å²) in [5.74, 6) is -0.385. The van der Waals surface area contributed by atoms with Crippen LogP contribution in [0.2, 0.25) is 0 Å². The monoisotopic (exact) mass is 370 g/mol. The predicted octanol–water partition coefficient (Wildman–Crippen LogP) is 2.24. The van der Waals surface area contributed by atoms with Gasteiger partial charge >= 0.3 is 6.03 Å². The quantitative estimate of drug-likeness (QED) is 0.867. The Hall–Kier alpha value is -2.04. The molecule has 24 heavy (non-hydrogen) atoms. The van der Waals surface area contributed by atoms with E-state index in [2.05, 4.69) is 15.6 Å². The molecule has 7 nitrogen and oxygen atoms in total. The molecular formula is C14H15FN4O3S2. The number of hydrogen-bond acceptors (Lipinski definition) is 5. The minimum Gasteiger partial charge on any atom is -0.308 e. The number of nitrogens with zero attached hydrogens (tertiary/aromatic N) is 2. The van der Waals surface area contributed by atoms with Crippen LogP contribution < -0.4 is 10.6 Å². The van der Waals surface area contributed by atoms with Gasteiger partial charge in [-0.2, -0.15) is 4.31 Å². The average Bonchev–Trinajstić information content (AvgIpc) is 2.89. The first-order valence-electron chi connectivity index (χ1n) is 7.08. The van der Waals surface area contributed by atoms with E-state index in [9.17, 15) is 17.6 Å². The number of amides is 2. The molecule has 1 aromatic carbocycles. The number of fused-ring (bicyclic) bond motifs is 1. The first-order valence-corrected chi connectivity index (χ1v) is 9.75. The molecule has 1 aliphatic rings. The smallest absolute Gasteiger partial charge is 0.308 e. The zero-order valence-electron chi connectivity index (χ0n) is 12.7. The van der Waals surface area contributed by atoms with E-state index >= 15 is 0 Å². The van der Waals surface area contributed by atoms with Gasteiger partial charge < -0.3 is 5.32 Å². The van der Waals surface area contributed by atoms with Crippen molar-refractivity contribution in [3.05, 3.63) is 40.7 Å². The van der Waals surface area contributed by atoms with Gasteiger partial charge in [0.15, 0.2) is 5.13 Å². The van der Waals surface area contributed by atoms with E-state index in [1.165, 1.54) is 46.2 Å². The van der Waals surface area contributed by atoms with Crippen molar-refractivity contribution in [2.24, 2.45) is 0 Å². The molecule has 0 bridgehead atoms.